The van der Waals surface area contributed by atoms with E-state index >= 15 is 0 Å². The summed E-state index contributed by atoms with van der Waals surface area (Å²) >= 11 is 0. The van der Waals surface area contributed by atoms with Gasteiger partial charge in [0.25, 0.3) is 0 Å². The van der Waals surface area contributed by atoms with Crippen molar-refractivity contribution in [2.75, 3.05) is 19.7 Å². The second-order valence-corrected chi connectivity index (χ2v) is 14.0. The van der Waals surface area contributed by atoms with E-state index < -0.39 is 5.97 Å². The quantitative estimate of drug-likeness (QED) is 0.343. The molecule has 8 nitrogen and oxygen atoms in total. The lowest BCUT2D eigenvalue weighted by molar-refractivity contribution is -0.151. The van der Waals surface area contributed by atoms with Gasteiger partial charge >= 0.3 is 11.9 Å². The monoisotopic (exact) mass is 630 g/mol. The van der Waals surface area contributed by atoms with Crippen molar-refractivity contribution in [2.24, 2.45) is 0 Å². The van der Waals surface area contributed by atoms with Gasteiger partial charge in [0, 0.05) is 11.1 Å². The number of aryl methyl sites for hydroxylation is 2. The molecule has 0 radical (unpaired) electrons. The van der Waals surface area contributed by atoms with E-state index in [4.69, 9.17) is 4.74 Å². The number of likely N-dealkylation sites (tertiary alicyclic amines) is 2. The van der Waals surface area contributed by atoms with Crippen LogP contribution in [0.1, 0.15) is 118 Å². The minimum Gasteiger partial charge on any atom is -0.480 e. The van der Waals surface area contributed by atoms with Gasteiger partial charge in [-0.3, -0.25) is 19.2 Å². The zero-order chi connectivity index (χ0) is 32.9. The van der Waals surface area contributed by atoms with Crippen molar-refractivity contribution in [3.8, 4) is 0 Å². The minimum atomic E-state index is -0.914. The van der Waals surface area contributed by atoms with E-state index in [0.717, 1.165) is 75.3 Å². The Kier molecular flexibility index (Phi) is 10.5. The van der Waals surface area contributed by atoms with E-state index in [0.29, 0.717) is 6.61 Å². The molecule has 2 unspecified atom stereocenters. The van der Waals surface area contributed by atoms with Crippen molar-refractivity contribution >= 4 is 23.8 Å². The van der Waals surface area contributed by atoms with Gasteiger partial charge in [0.1, 0.15) is 13.1 Å². The zero-order valence-corrected chi connectivity index (χ0v) is 27.8. The number of hydrogen-bond donors (Lipinski definition) is 1. The first-order chi connectivity index (χ1) is 22.1. The molecule has 2 aromatic carbocycles. The number of rotatable bonds is 7. The average Bonchev–Trinajstić information content (AvgIpc) is 3.44. The molecule has 1 N–H and O–H groups in total. The van der Waals surface area contributed by atoms with Crippen LogP contribution in [-0.4, -0.2) is 69.4 Å². The van der Waals surface area contributed by atoms with Crippen molar-refractivity contribution < 1.29 is 29.0 Å². The second-order valence-electron chi connectivity index (χ2n) is 14.0. The Balaban J connectivity index is 0.000000182. The Morgan fingerprint density at radius 3 is 1.46 bits per heavy atom. The fourth-order valence-electron chi connectivity index (χ4n) is 8.45. The Hall–Kier alpha value is -3.68. The van der Waals surface area contributed by atoms with Gasteiger partial charge in [-0.05, 0) is 70.4 Å². The number of benzene rings is 2. The molecule has 4 aliphatic rings. The number of ether oxygens (including phenoxy) is 1. The van der Waals surface area contributed by atoms with E-state index in [-0.39, 0.29) is 53.8 Å². The Labute approximate surface area is 273 Å². The fraction of sp³-hybridized carbons (Fsp3) is 0.579. The lowest BCUT2D eigenvalue weighted by Crippen LogP contribution is -2.49. The van der Waals surface area contributed by atoms with Gasteiger partial charge in [0.2, 0.25) is 11.8 Å². The highest BCUT2D eigenvalue weighted by Gasteiger charge is 2.53. The van der Waals surface area contributed by atoms with Crippen molar-refractivity contribution in [3.05, 3.63) is 70.8 Å². The van der Waals surface area contributed by atoms with Crippen molar-refractivity contribution in [3.63, 3.8) is 0 Å². The van der Waals surface area contributed by atoms with Crippen LogP contribution < -0.4 is 0 Å². The second kappa shape index (κ2) is 14.4. The smallest absolute Gasteiger partial charge is 0.325 e. The SMILES string of the molecule is CCOC(=O)CN1C(=O)C(c2ccc(C)cc2)CC12CCCCC2.Cc1ccc(C2CC3(CCCCC3)N(CC(=O)O)C2=O)cc1. The van der Waals surface area contributed by atoms with Crippen LogP contribution in [0.25, 0.3) is 0 Å². The topological polar surface area (TPSA) is 104 Å². The maximum atomic E-state index is 13.1. The predicted molar refractivity (Wildman–Crippen MR) is 176 cm³/mol. The van der Waals surface area contributed by atoms with Crippen LogP contribution in [0.3, 0.4) is 0 Å². The summed E-state index contributed by atoms with van der Waals surface area (Å²) in [6.45, 7) is 6.16. The Morgan fingerprint density at radius 2 is 1.09 bits per heavy atom. The number of aliphatic carboxylic acids is 1. The highest BCUT2D eigenvalue weighted by atomic mass is 16.5. The molecule has 2 spiro atoms. The first-order valence-electron chi connectivity index (χ1n) is 17.2. The van der Waals surface area contributed by atoms with Crippen LogP contribution in [0.5, 0.6) is 0 Å². The number of esters is 1. The molecule has 46 heavy (non-hydrogen) atoms. The molecule has 8 heteroatoms. The Bertz CT molecular complexity index is 1390. The third kappa shape index (κ3) is 7.16. The molecule has 2 aromatic rings. The number of nitrogens with zero attached hydrogens (tertiary/aromatic N) is 2. The molecule has 0 bridgehead atoms. The van der Waals surface area contributed by atoms with Crippen molar-refractivity contribution in [2.45, 2.75) is 121 Å². The van der Waals surface area contributed by atoms with Gasteiger partial charge in [0.05, 0.1) is 18.4 Å². The predicted octanol–water partition coefficient (Wildman–Crippen LogP) is 6.68. The van der Waals surface area contributed by atoms with E-state index in [1.165, 1.54) is 24.0 Å². The minimum absolute atomic E-state index is 0.00634. The molecule has 2 atom stereocenters. The van der Waals surface area contributed by atoms with Crippen LogP contribution >= 0.6 is 0 Å². The summed E-state index contributed by atoms with van der Waals surface area (Å²) in [7, 11) is 0. The summed E-state index contributed by atoms with van der Waals surface area (Å²) in [4.78, 5) is 52.8. The molecule has 2 heterocycles. The van der Waals surface area contributed by atoms with E-state index in [1.807, 2.05) is 36.1 Å². The van der Waals surface area contributed by atoms with E-state index in [2.05, 4.69) is 31.2 Å². The zero-order valence-electron chi connectivity index (χ0n) is 27.8. The van der Waals surface area contributed by atoms with Crippen LogP contribution in [-0.2, 0) is 23.9 Å². The number of amides is 2. The summed E-state index contributed by atoms with van der Waals surface area (Å²) in [5.74, 6) is -1.43. The third-order valence-corrected chi connectivity index (χ3v) is 10.9. The van der Waals surface area contributed by atoms with Gasteiger partial charge in [-0.25, -0.2) is 0 Å². The lowest BCUT2D eigenvalue weighted by atomic mass is 9.77. The summed E-state index contributed by atoms with van der Waals surface area (Å²) in [6.07, 6.45) is 12.3. The maximum Gasteiger partial charge on any atom is 0.325 e. The highest BCUT2D eigenvalue weighted by Crippen LogP contribution is 2.49. The van der Waals surface area contributed by atoms with E-state index in [9.17, 15) is 24.3 Å². The maximum absolute atomic E-state index is 13.1. The average molecular weight is 631 g/mol. The number of carboxylic acid groups (broad SMARTS) is 1. The molecule has 2 aliphatic carbocycles. The highest BCUT2D eigenvalue weighted by molar-refractivity contribution is 5.91. The summed E-state index contributed by atoms with van der Waals surface area (Å²) in [5, 5.41) is 9.20. The van der Waals surface area contributed by atoms with Gasteiger partial charge in [-0.2, -0.15) is 0 Å². The van der Waals surface area contributed by atoms with Crippen LogP contribution in [0.15, 0.2) is 48.5 Å². The molecular weight excluding hydrogens is 580 g/mol. The van der Waals surface area contributed by atoms with Crippen LogP contribution in [0.4, 0.5) is 0 Å². The number of carbonyl (C=O) groups is 4. The molecule has 2 saturated heterocycles. The van der Waals surface area contributed by atoms with Gasteiger partial charge in [-0.1, -0.05) is 98.2 Å². The molecule has 4 fully saturated rings. The standard InChI is InChI=1S/C20H27NO3.C18H23NO3/c1-3-24-18(22)14-21-19(23)17(16-9-7-15(2)8-10-16)13-20(21)11-5-4-6-12-20;1-13-5-7-14(8-6-13)15-11-18(9-3-2-4-10-18)19(17(15)22)12-16(20)21/h7-10,17H,3-6,11-14H2,1-2H3;5-8,15H,2-4,9-12H2,1H3,(H,20,21). The summed E-state index contributed by atoms with van der Waals surface area (Å²) in [6, 6.07) is 16.3. The van der Waals surface area contributed by atoms with Crippen molar-refractivity contribution in [1.29, 1.82) is 0 Å². The summed E-state index contributed by atoms with van der Waals surface area (Å²) < 4.78 is 5.11. The van der Waals surface area contributed by atoms with Crippen molar-refractivity contribution in [1.82, 2.24) is 9.80 Å². The van der Waals surface area contributed by atoms with Gasteiger partial charge in [-0.15, -0.1) is 0 Å². The summed E-state index contributed by atoms with van der Waals surface area (Å²) in [5.41, 5.74) is 4.07. The van der Waals surface area contributed by atoms with Gasteiger partial charge < -0.3 is 19.6 Å². The number of carboxylic acids is 1. The molecule has 248 valence electrons. The number of hydrogen-bond acceptors (Lipinski definition) is 5. The fourth-order valence-corrected chi connectivity index (χ4v) is 8.45. The molecule has 6 rings (SSSR count). The molecular formula is C38H50N2O6. The molecule has 2 amide bonds. The van der Waals surface area contributed by atoms with Crippen LogP contribution in [0, 0.1) is 13.8 Å². The number of carbonyl (C=O) groups excluding carboxylic acids is 3. The van der Waals surface area contributed by atoms with Gasteiger partial charge in [0.15, 0.2) is 0 Å². The van der Waals surface area contributed by atoms with Crippen LogP contribution in [0.2, 0.25) is 0 Å². The first kappa shape index (κ1) is 33.7. The normalized spacial score (nSPS) is 23.4. The van der Waals surface area contributed by atoms with E-state index in [1.54, 1.807) is 11.8 Å². The first-order valence-corrected chi connectivity index (χ1v) is 17.2. The molecule has 2 aliphatic heterocycles. The molecule has 0 aromatic heterocycles. The largest absolute Gasteiger partial charge is 0.480 e. The lowest BCUT2D eigenvalue weighted by Gasteiger charge is -2.41. The molecule has 2 saturated carbocycles. The Morgan fingerprint density at radius 1 is 0.696 bits per heavy atom. The third-order valence-electron chi connectivity index (χ3n) is 10.9.